The number of benzene rings is 2. The van der Waals surface area contributed by atoms with Gasteiger partial charge in [-0.1, -0.05) is 12.1 Å². The van der Waals surface area contributed by atoms with Crippen molar-refractivity contribution in [1.82, 2.24) is 15.0 Å². The smallest absolute Gasteiger partial charge is 0.225 e. The summed E-state index contributed by atoms with van der Waals surface area (Å²) in [6, 6.07) is 12.4. The molecule has 0 amide bonds. The summed E-state index contributed by atoms with van der Waals surface area (Å²) in [5, 5.41) is 37.5. The molecule has 1 fully saturated rings. The molecule has 39 heavy (non-hydrogen) atoms. The molecule has 2 heterocycles. The highest BCUT2D eigenvalue weighted by molar-refractivity contribution is 7.21. The zero-order chi connectivity index (χ0) is 27.5. The number of nitrogens with one attached hydrogen (secondary N) is 2. The zero-order valence-electron chi connectivity index (χ0n) is 21.5. The van der Waals surface area contributed by atoms with Crippen LogP contribution in [0.15, 0.2) is 42.5 Å². The zero-order valence-corrected chi connectivity index (χ0v) is 22.3. The molecule has 2 aromatic heterocycles. The number of alkyl halides is 1. The monoisotopic (exact) mass is 555 g/mol. The van der Waals surface area contributed by atoms with Crippen molar-refractivity contribution in [1.29, 1.82) is 0 Å². The summed E-state index contributed by atoms with van der Waals surface area (Å²) in [6.45, 7) is -0.840. The Bertz CT molecular complexity index is 1400. The number of ether oxygens (including phenoxy) is 2. The van der Waals surface area contributed by atoms with Gasteiger partial charge in [0.05, 0.1) is 47.8 Å². The first-order valence-corrected chi connectivity index (χ1v) is 13.3. The normalized spacial score (nSPS) is 20.8. The molecule has 206 valence electrons. The van der Waals surface area contributed by atoms with E-state index in [4.69, 9.17) is 9.47 Å². The topological polar surface area (TPSA) is 142 Å². The molecule has 1 aliphatic rings. The second-order valence-electron chi connectivity index (χ2n) is 9.32. The molecule has 0 radical (unpaired) electrons. The van der Waals surface area contributed by atoms with Gasteiger partial charge >= 0.3 is 0 Å². The molecule has 0 unspecified atom stereocenters. The summed E-state index contributed by atoms with van der Waals surface area (Å²) in [6.07, 6.45) is -1.93. The third-order valence-corrected chi connectivity index (χ3v) is 7.89. The van der Waals surface area contributed by atoms with E-state index in [1.807, 2.05) is 36.4 Å². The minimum Gasteiger partial charge on any atom is -0.497 e. The number of para-hydroxylation sites is 1. The molecule has 0 bridgehead atoms. The fourth-order valence-corrected chi connectivity index (χ4v) is 5.80. The Morgan fingerprint density at radius 1 is 1.03 bits per heavy atom. The van der Waals surface area contributed by atoms with Gasteiger partial charge in [0.25, 0.3) is 0 Å². The Morgan fingerprint density at radius 2 is 1.77 bits per heavy atom. The molecule has 1 aliphatic carbocycles. The number of rotatable bonds is 10. The molecule has 0 spiro atoms. The number of fused-ring (bicyclic) bond motifs is 1. The molecule has 0 saturated heterocycles. The average molecular weight is 556 g/mol. The lowest BCUT2D eigenvalue weighted by Crippen LogP contribution is -2.35. The first kappa shape index (κ1) is 27.0. The fourth-order valence-electron chi connectivity index (χ4n) is 4.77. The second-order valence-corrected chi connectivity index (χ2v) is 10.4. The van der Waals surface area contributed by atoms with Crippen molar-refractivity contribution in [2.24, 2.45) is 5.92 Å². The Morgan fingerprint density at radius 3 is 2.41 bits per heavy atom. The van der Waals surface area contributed by atoms with Gasteiger partial charge in [-0.25, -0.2) is 14.4 Å². The van der Waals surface area contributed by atoms with Gasteiger partial charge in [0.1, 0.15) is 35.1 Å². The van der Waals surface area contributed by atoms with Gasteiger partial charge in [-0.3, -0.25) is 0 Å². The predicted octanol–water partition coefficient (Wildman–Crippen LogP) is 3.37. The summed E-state index contributed by atoms with van der Waals surface area (Å²) in [7, 11) is 3.13. The van der Waals surface area contributed by atoms with Crippen molar-refractivity contribution in [3.8, 4) is 22.1 Å². The minimum atomic E-state index is -1.14. The number of aromatic nitrogens is 3. The van der Waals surface area contributed by atoms with Crippen molar-refractivity contribution in [2.75, 3.05) is 31.5 Å². The Labute approximate surface area is 228 Å². The van der Waals surface area contributed by atoms with Crippen LogP contribution in [0.2, 0.25) is 0 Å². The van der Waals surface area contributed by atoms with Gasteiger partial charge in [-0.15, -0.1) is 11.3 Å². The number of nitrogens with zero attached hydrogens (tertiary/aromatic N) is 3. The van der Waals surface area contributed by atoms with E-state index in [1.54, 1.807) is 20.3 Å². The van der Waals surface area contributed by atoms with Gasteiger partial charge in [0, 0.05) is 25.1 Å². The summed E-state index contributed by atoms with van der Waals surface area (Å²) in [5.74, 6) is 1.20. The van der Waals surface area contributed by atoms with Crippen molar-refractivity contribution in [2.45, 2.75) is 37.9 Å². The summed E-state index contributed by atoms with van der Waals surface area (Å²) >= 11 is 1.38. The van der Waals surface area contributed by atoms with Crippen molar-refractivity contribution in [3.05, 3.63) is 53.7 Å². The van der Waals surface area contributed by atoms with Gasteiger partial charge in [-0.2, -0.15) is 4.98 Å². The molecule has 5 N–H and O–H groups in total. The molecule has 2 aromatic carbocycles. The van der Waals surface area contributed by atoms with Crippen LogP contribution in [0.1, 0.15) is 17.7 Å². The third kappa shape index (κ3) is 5.59. The number of thiazole rings is 1. The van der Waals surface area contributed by atoms with E-state index in [0.717, 1.165) is 15.8 Å². The third-order valence-electron chi connectivity index (χ3n) is 6.84. The van der Waals surface area contributed by atoms with Crippen LogP contribution in [0.3, 0.4) is 0 Å². The predicted molar refractivity (Wildman–Crippen MR) is 147 cm³/mol. The molecule has 4 atom stereocenters. The Hall–Kier alpha value is -3.58. The lowest BCUT2D eigenvalue weighted by molar-refractivity contribution is 0.00446. The summed E-state index contributed by atoms with van der Waals surface area (Å²) in [5.41, 5.74) is 2.12. The highest BCUT2D eigenvalue weighted by Gasteiger charge is 2.41. The lowest BCUT2D eigenvalue weighted by atomic mass is 10.1. The second kappa shape index (κ2) is 11.7. The molecular formula is C27H30FN5O5S. The molecule has 4 aromatic rings. The standard InChI is InChI=1S/C27H30FN5O5S/c1-37-16-7-14(8-17(10-16)38-2)12-29-27-32-20(11-28)22(26-31-18-5-3-4-6-21(18)39-26)25(33-27)30-19-9-15(13-34)23(35)24(19)36/h3-8,10,15,19,23-24,34-36H,9,11-13H2,1-2H3,(H2,29,30,32,33)/t15-,19-,23-,24+/m1/s1. The molecule has 5 rings (SSSR count). The Kier molecular flexibility index (Phi) is 8.07. The van der Waals surface area contributed by atoms with E-state index in [0.29, 0.717) is 35.0 Å². The number of aliphatic hydroxyl groups is 3. The van der Waals surface area contributed by atoms with Crippen LogP contribution in [-0.2, 0) is 13.2 Å². The van der Waals surface area contributed by atoms with Crippen LogP contribution in [0.4, 0.5) is 16.2 Å². The van der Waals surface area contributed by atoms with E-state index >= 15 is 0 Å². The first-order valence-electron chi connectivity index (χ1n) is 12.5. The highest BCUT2D eigenvalue weighted by atomic mass is 32.1. The van der Waals surface area contributed by atoms with Crippen LogP contribution in [-0.4, -0.2) is 69.3 Å². The van der Waals surface area contributed by atoms with E-state index < -0.39 is 30.8 Å². The van der Waals surface area contributed by atoms with Crippen LogP contribution in [0, 0.1) is 5.92 Å². The summed E-state index contributed by atoms with van der Waals surface area (Å²) in [4.78, 5) is 13.8. The van der Waals surface area contributed by atoms with E-state index in [-0.39, 0.29) is 24.1 Å². The maximum Gasteiger partial charge on any atom is 0.225 e. The van der Waals surface area contributed by atoms with Gasteiger partial charge < -0.3 is 35.4 Å². The maximum absolute atomic E-state index is 14.5. The molecule has 0 aliphatic heterocycles. The highest BCUT2D eigenvalue weighted by Crippen LogP contribution is 2.38. The van der Waals surface area contributed by atoms with Crippen molar-refractivity contribution < 1.29 is 29.2 Å². The van der Waals surface area contributed by atoms with E-state index in [9.17, 15) is 19.7 Å². The largest absolute Gasteiger partial charge is 0.497 e. The summed E-state index contributed by atoms with van der Waals surface area (Å²) < 4.78 is 26.1. The van der Waals surface area contributed by atoms with Gasteiger partial charge in [0.2, 0.25) is 5.95 Å². The van der Waals surface area contributed by atoms with Crippen molar-refractivity contribution >= 4 is 33.3 Å². The number of halogens is 1. The Balaban J connectivity index is 1.53. The minimum absolute atomic E-state index is 0.129. The number of anilines is 2. The molecular weight excluding hydrogens is 525 g/mol. The molecule has 1 saturated carbocycles. The fraction of sp³-hybridized carbons (Fsp3) is 0.370. The number of methoxy groups -OCH3 is 2. The SMILES string of the molecule is COc1cc(CNc2nc(CF)c(-c3nc4ccccc4s3)c(N[C@@H]3C[C@H](CO)[C@@H](O)[C@H]3O)n2)cc(OC)c1. The van der Waals surface area contributed by atoms with Crippen LogP contribution < -0.4 is 20.1 Å². The van der Waals surface area contributed by atoms with Gasteiger partial charge in [0.15, 0.2) is 0 Å². The molecule has 12 heteroatoms. The quantitative estimate of drug-likeness (QED) is 0.198. The van der Waals surface area contributed by atoms with Crippen LogP contribution in [0.5, 0.6) is 11.5 Å². The molecule has 10 nitrogen and oxygen atoms in total. The average Bonchev–Trinajstić information content (AvgIpc) is 3.51. The van der Waals surface area contributed by atoms with Crippen LogP contribution >= 0.6 is 11.3 Å². The number of hydrogen-bond donors (Lipinski definition) is 5. The lowest BCUT2D eigenvalue weighted by Gasteiger charge is -2.21. The number of aliphatic hydroxyl groups excluding tert-OH is 3. The maximum atomic E-state index is 14.5. The van der Waals surface area contributed by atoms with E-state index in [2.05, 4.69) is 25.6 Å². The van der Waals surface area contributed by atoms with Crippen molar-refractivity contribution in [3.63, 3.8) is 0 Å². The van der Waals surface area contributed by atoms with Crippen LogP contribution in [0.25, 0.3) is 20.8 Å². The van der Waals surface area contributed by atoms with E-state index in [1.165, 1.54) is 11.3 Å². The number of hydrogen-bond acceptors (Lipinski definition) is 11. The first-order chi connectivity index (χ1) is 18.9. The van der Waals surface area contributed by atoms with Gasteiger partial charge in [-0.05, 0) is 36.2 Å².